The average molecular weight is 330 g/mol. The number of hydrogen-bond donors (Lipinski definition) is 2. The molecule has 0 saturated heterocycles. The fraction of sp³-hybridized carbons (Fsp3) is 0.188. The summed E-state index contributed by atoms with van der Waals surface area (Å²) in [5.41, 5.74) is 0.0910. The summed E-state index contributed by atoms with van der Waals surface area (Å²) in [5.74, 6) is -0.947. The zero-order valence-electron chi connectivity index (χ0n) is 12.1. The molecule has 0 spiro atoms. The van der Waals surface area contributed by atoms with E-state index in [1.165, 1.54) is 11.3 Å². The molecule has 118 valence electrons. The number of fused-ring (bicyclic) bond motifs is 1. The molecule has 0 bridgehead atoms. The van der Waals surface area contributed by atoms with Crippen LogP contribution in [0.5, 0.6) is 0 Å². The number of carboxylic acid groups (broad SMARTS) is 1. The second kappa shape index (κ2) is 6.21. The molecule has 1 aromatic carbocycles. The van der Waals surface area contributed by atoms with Gasteiger partial charge in [-0.3, -0.25) is 19.1 Å². The zero-order chi connectivity index (χ0) is 16.4. The summed E-state index contributed by atoms with van der Waals surface area (Å²) < 4.78 is 1.06. The minimum Gasteiger partial charge on any atom is -0.481 e. The summed E-state index contributed by atoms with van der Waals surface area (Å²) in [4.78, 5) is 39.2. The van der Waals surface area contributed by atoms with Crippen molar-refractivity contribution in [2.45, 2.75) is 19.4 Å². The van der Waals surface area contributed by atoms with Crippen LogP contribution in [0.3, 0.4) is 0 Å². The number of aromatic amines is 1. The Morgan fingerprint density at radius 1 is 1.22 bits per heavy atom. The minimum absolute atomic E-state index is 0.0805. The molecule has 2 heterocycles. The number of aromatic nitrogens is 2. The van der Waals surface area contributed by atoms with Gasteiger partial charge >= 0.3 is 11.7 Å². The Morgan fingerprint density at radius 2 is 1.96 bits per heavy atom. The van der Waals surface area contributed by atoms with Crippen LogP contribution in [-0.4, -0.2) is 20.6 Å². The molecule has 0 fully saturated rings. The molecule has 23 heavy (non-hydrogen) atoms. The highest BCUT2D eigenvalue weighted by Gasteiger charge is 2.12. The third-order valence-electron chi connectivity index (χ3n) is 3.50. The molecule has 2 N–H and O–H groups in total. The van der Waals surface area contributed by atoms with Gasteiger partial charge in [0.15, 0.2) is 0 Å². The van der Waals surface area contributed by atoms with E-state index < -0.39 is 11.7 Å². The number of nitrogens with one attached hydrogen (secondary N) is 1. The first-order chi connectivity index (χ1) is 11.1. The molecule has 0 amide bonds. The lowest BCUT2D eigenvalue weighted by Gasteiger charge is -2.02. The van der Waals surface area contributed by atoms with Crippen molar-refractivity contribution in [3.63, 3.8) is 0 Å². The Hall–Kier alpha value is -2.67. The van der Waals surface area contributed by atoms with Gasteiger partial charge in [-0.15, -0.1) is 11.3 Å². The van der Waals surface area contributed by atoms with E-state index in [0.29, 0.717) is 10.2 Å². The fourth-order valence-corrected chi connectivity index (χ4v) is 3.43. The van der Waals surface area contributed by atoms with E-state index in [2.05, 4.69) is 4.98 Å². The van der Waals surface area contributed by atoms with Crippen LogP contribution >= 0.6 is 11.3 Å². The number of carbonyl (C=O) groups is 1. The van der Waals surface area contributed by atoms with E-state index in [9.17, 15) is 14.4 Å². The van der Waals surface area contributed by atoms with Crippen LogP contribution in [0, 0.1) is 0 Å². The normalized spacial score (nSPS) is 11.0. The summed E-state index contributed by atoms with van der Waals surface area (Å²) in [5, 5.41) is 9.11. The lowest BCUT2D eigenvalue weighted by atomic mass is 10.2. The lowest BCUT2D eigenvalue weighted by molar-refractivity contribution is -0.137. The van der Waals surface area contributed by atoms with Crippen LogP contribution in [0.4, 0.5) is 0 Å². The highest BCUT2D eigenvalue weighted by Crippen LogP contribution is 2.30. The number of carboxylic acids is 1. The van der Waals surface area contributed by atoms with Crippen molar-refractivity contribution in [3.05, 3.63) is 57.2 Å². The largest absolute Gasteiger partial charge is 0.481 e. The van der Waals surface area contributed by atoms with Gasteiger partial charge < -0.3 is 5.11 Å². The summed E-state index contributed by atoms with van der Waals surface area (Å²) in [6, 6.07) is 11.4. The number of benzene rings is 1. The van der Waals surface area contributed by atoms with Crippen LogP contribution in [0.25, 0.3) is 20.7 Å². The van der Waals surface area contributed by atoms with Crippen LogP contribution in [0.15, 0.2) is 46.0 Å². The van der Waals surface area contributed by atoms with Gasteiger partial charge in [-0.05, 0) is 18.1 Å². The standard InChI is InChI=1S/C16H14N2O4S/c19-13(20)7-4-8-18-15(21)11-9-12(10-5-2-1-3-6-10)23-14(11)17-16(18)22/h1-3,5-6,9H,4,7-8H2,(H,17,22)(H,19,20). The smallest absolute Gasteiger partial charge is 0.329 e. The van der Waals surface area contributed by atoms with Gasteiger partial charge in [-0.2, -0.15) is 0 Å². The second-order valence-corrected chi connectivity index (χ2v) is 6.16. The third kappa shape index (κ3) is 3.09. The molecule has 0 saturated carbocycles. The van der Waals surface area contributed by atoms with E-state index in [0.717, 1.165) is 15.0 Å². The number of nitrogens with zero attached hydrogens (tertiary/aromatic N) is 1. The molecule has 2 aromatic heterocycles. The van der Waals surface area contributed by atoms with E-state index in [1.54, 1.807) is 6.07 Å². The van der Waals surface area contributed by atoms with Gasteiger partial charge in [0.2, 0.25) is 0 Å². The predicted molar refractivity (Wildman–Crippen MR) is 89.0 cm³/mol. The van der Waals surface area contributed by atoms with Crippen molar-refractivity contribution < 1.29 is 9.90 Å². The quantitative estimate of drug-likeness (QED) is 0.751. The van der Waals surface area contributed by atoms with Crippen LogP contribution < -0.4 is 11.2 Å². The topological polar surface area (TPSA) is 92.2 Å². The Balaban J connectivity index is 2.03. The Labute approximate surface area is 134 Å². The molecular formula is C16H14N2O4S. The summed E-state index contributed by atoms with van der Waals surface area (Å²) in [6.07, 6.45) is 0.155. The third-order valence-corrected chi connectivity index (χ3v) is 4.60. The van der Waals surface area contributed by atoms with E-state index in [4.69, 9.17) is 5.11 Å². The van der Waals surface area contributed by atoms with Crippen LogP contribution in [-0.2, 0) is 11.3 Å². The second-order valence-electron chi connectivity index (χ2n) is 5.10. The summed E-state index contributed by atoms with van der Waals surface area (Å²) >= 11 is 1.35. The first-order valence-corrected chi connectivity index (χ1v) is 7.92. The van der Waals surface area contributed by atoms with Crippen molar-refractivity contribution >= 4 is 27.5 Å². The lowest BCUT2D eigenvalue weighted by Crippen LogP contribution is -2.34. The Kier molecular flexibility index (Phi) is 4.12. The number of thiophene rings is 1. The maximum Gasteiger partial charge on any atom is 0.329 e. The zero-order valence-corrected chi connectivity index (χ0v) is 12.9. The molecule has 0 aliphatic rings. The van der Waals surface area contributed by atoms with Crippen LogP contribution in [0.1, 0.15) is 12.8 Å². The number of rotatable bonds is 5. The molecule has 0 aliphatic carbocycles. The van der Waals surface area contributed by atoms with Crippen molar-refractivity contribution in [2.75, 3.05) is 0 Å². The molecule has 7 heteroatoms. The van der Waals surface area contributed by atoms with E-state index in [-0.39, 0.29) is 24.9 Å². The van der Waals surface area contributed by atoms with Gasteiger partial charge in [-0.1, -0.05) is 30.3 Å². The molecule has 3 rings (SSSR count). The number of aliphatic carboxylic acids is 1. The predicted octanol–water partition coefficient (Wildman–Crippen LogP) is 2.28. The molecule has 3 aromatic rings. The van der Waals surface area contributed by atoms with Gasteiger partial charge in [0.25, 0.3) is 5.56 Å². The van der Waals surface area contributed by atoms with Gasteiger partial charge in [0.1, 0.15) is 4.83 Å². The van der Waals surface area contributed by atoms with E-state index in [1.807, 2.05) is 30.3 Å². The van der Waals surface area contributed by atoms with Crippen molar-refractivity contribution in [3.8, 4) is 10.4 Å². The van der Waals surface area contributed by atoms with Gasteiger partial charge in [0, 0.05) is 17.8 Å². The molecule has 0 aliphatic heterocycles. The summed E-state index contributed by atoms with van der Waals surface area (Å²) in [7, 11) is 0. The fourth-order valence-electron chi connectivity index (χ4n) is 2.38. The maximum absolute atomic E-state index is 12.5. The summed E-state index contributed by atoms with van der Waals surface area (Å²) in [6.45, 7) is 0.0902. The van der Waals surface area contributed by atoms with Crippen molar-refractivity contribution in [1.29, 1.82) is 0 Å². The number of H-pyrrole nitrogens is 1. The first-order valence-electron chi connectivity index (χ1n) is 7.10. The molecular weight excluding hydrogens is 316 g/mol. The van der Waals surface area contributed by atoms with Crippen molar-refractivity contribution in [1.82, 2.24) is 9.55 Å². The Morgan fingerprint density at radius 3 is 2.65 bits per heavy atom. The average Bonchev–Trinajstić information content (AvgIpc) is 2.95. The monoisotopic (exact) mass is 330 g/mol. The van der Waals surface area contributed by atoms with Gasteiger partial charge in [0.05, 0.1) is 5.39 Å². The minimum atomic E-state index is -0.947. The molecule has 0 atom stereocenters. The Bertz CT molecular complexity index is 969. The maximum atomic E-state index is 12.5. The molecule has 0 radical (unpaired) electrons. The SMILES string of the molecule is O=C(O)CCCn1c(=O)[nH]c2sc(-c3ccccc3)cc2c1=O. The highest BCUT2D eigenvalue weighted by molar-refractivity contribution is 7.21. The number of hydrogen-bond acceptors (Lipinski definition) is 4. The van der Waals surface area contributed by atoms with E-state index >= 15 is 0 Å². The van der Waals surface area contributed by atoms with Crippen LogP contribution in [0.2, 0.25) is 0 Å². The molecule has 6 nitrogen and oxygen atoms in total. The first kappa shape index (κ1) is 15.2. The highest BCUT2D eigenvalue weighted by atomic mass is 32.1. The van der Waals surface area contributed by atoms with Crippen molar-refractivity contribution in [2.24, 2.45) is 0 Å². The van der Waals surface area contributed by atoms with Gasteiger partial charge in [-0.25, -0.2) is 4.79 Å². The molecule has 0 unspecified atom stereocenters.